The van der Waals surface area contributed by atoms with E-state index in [0.717, 1.165) is 5.92 Å². The van der Waals surface area contributed by atoms with Crippen LogP contribution in [0.15, 0.2) is 0 Å². The van der Waals surface area contributed by atoms with Crippen molar-refractivity contribution >= 4 is 7.25 Å². The van der Waals surface area contributed by atoms with Gasteiger partial charge in [0.05, 0.1) is 26.7 Å². The van der Waals surface area contributed by atoms with Gasteiger partial charge in [0, 0.05) is 0 Å². The number of hydrogen-bond acceptors (Lipinski definition) is 0. The van der Waals surface area contributed by atoms with Crippen LogP contribution in [0.1, 0.15) is 19.3 Å². The molecule has 3 fully saturated rings. The van der Waals surface area contributed by atoms with Gasteiger partial charge in [-0.15, -0.1) is 0 Å². The molecule has 3 aliphatic rings. The molecule has 2 bridgehead atoms. The average molecular weight is 213 g/mol. The van der Waals surface area contributed by atoms with E-state index in [9.17, 15) is 17.3 Å². The van der Waals surface area contributed by atoms with E-state index < -0.39 is 7.25 Å². The molecule has 3 heterocycles. The molecule has 3 rings (SSSR count). The fraction of sp³-hybridized carbons (Fsp3) is 1.00. The van der Waals surface area contributed by atoms with Crippen molar-refractivity contribution in [1.29, 1.82) is 0 Å². The Balaban J connectivity index is 0.000000171. The highest BCUT2D eigenvalue weighted by molar-refractivity contribution is 6.50. The second-order valence-corrected chi connectivity index (χ2v) is 4.52. The molecule has 14 heavy (non-hydrogen) atoms. The third-order valence-electron chi connectivity index (χ3n) is 3.23. The van der Waals surface area contributed by atoms with Crippen LogP contribution in [0.5, 0.6) is 0 Å². The zero-order chi connectivity index (χ0) is 10.8. The van der Waals surface area contributed by atoms with E-state index in [-0.39, 0.29) is 0 Å². The molecule has 3 saturated heterocycles. The summed E-state index contributed by atoms with van der Waals surface area (Å²) in [7, 11) is -3.59. The maximum Gasteiger partial charge on any atom is 0.673 e. The van der Waals surface area contributed by atoms with Gasteiger partial charge in [0.1, 0.15) is 0 Å². The van der Waals surface area contributed by atoms with Crippen molar-refractivity contribution in [2.24, 2.45) is 5.92 Å². The molecule has 0 atom stereocenters. The first kappa shape index (κ1) is 11.8. The molecule has 0 amide bonds. The lowest BCUT2D eigenvalue weighted by Gasteiger charge is -2.46. The summed E-state index contributed by atoms with van der Waals surface area (Å²) >= 11 is 0. The third kappa shape index (κ3) is 4.31. The van der Waals surface area contributed by atoms with Gasteiger partial charge in [0.25, 0.3) is 0 Å². The van der Waals surface area contributed by atoms with Crippen molar-refractivity contribution in [3.8, 4) is 0 Å². The zero-order valence-corrected chi connectivity index (χ0v) is 8.36. The van der Waals surface area contributed by atoms with Crippen LogP contribution in [0, 0.1) is 5.92 Å². The van der Waals surface area contributed by atoms with Crippen LogP contribution in [0.25, 0.3) is 0 Å². The first-order valence-electron chi connectivity index (χ1n) is 4.99. The molecule has 0 spiro atoms. The predicted molar refractivity (Wildman–Crippen MR) is 48.3 cm³/mol. The minimum absolute atomic E-state index is 1.12. The Morgan fingerprint density at radius 2 is 1.21 bits per heavy atom. The maximum absolute atomic E-state index is 9.75. The van der Waals surface area contributed by atoms with Gasteiger partial charge in [-0.1, -0.05) is 0 Å². The smallest absolute Gasteiger partial charge is 0.418 e. The second kappa shape index (κ2) is 4.09. The summed E-state index contributed by atoms with van der Waals surface area (Å²) in [5.41, 5.74) is 0. The number of rotatable bonds is 0. The lowest BCUT2D eigenvalue weighted by Crippen LogP contribution is -2.55. The van der Waals surface area contributed by atoms with Crippen LogP contribution in [-0.2, 0) is 0 Å². The molecule has 0 radical (unpaired) electrons. The normalized spacial score (nSPS) is 36.2. The van der Waals surface area contributed by atoms with Gasteiger partial charge in [0.2, 0.25) is 0 Å². The van der Waals surface area contributed by atoms with E-state index in [1.807, 2.05) is 0 Å². The molecule has 6 heteroatoms. The minimum Gasteiger partial charge on any atom is -0.418 e. The molecular formula is C8H16BF4N. The third-order valence-corrected chi connectivity index (χ3v) is 3.23. The largest absolute Gasteiger partial charge is 0.673 e. The molecule has 1 nitrogen and oxygen atoms in total. The molecule has 0 aromatic rings. The topological polar surface area (TPSA) is 0 Å². The number of quaternary nitrogens is 1. The van der Waals surface area contributed by atoms with Crippen molar-refractivity contribution in [1.82, 2.24) is 0 Å². The summed E-state index contributed by atoms with van der Waals surface area (Å²) in [4.78, 5) is 0. The van der Waals surface area contributed by atoms with E-state index in [1.165, 1.54) is 43.4 Å². The van der Waals surface area contributed by atoms with Gasteiger partial charge in [-0.25, -0.2) is 0 Å². The molecule has 0 unspecified atom stereocenters. The summed E-state index contributed by atoms with van der Waals surface area (Å²) in [6.45, 7) is 4.39. The number of nitrogens with zero attached hydrogens (tertiary/aromatic N) is 1. The van der Waals surface area contributed by atoms with E-state index in [2.05, 4.69) is 7.05 Å². The lowest BCUT2D eigenvalue weighted by molar-refractivity contribution is -0.924. The van der Waals surface area contributed by atoms with Crippen molar-refractivity contribution in [3.63, 3.8) is 0 Å². The van der Waals surface area contributed by atoms with Crippen LogP contribution in [0.4, 0.5) is 17.3 Å². The molecule has 0 aromatic carbocycles. The lowest BCUT2D eigenvalue weighted by atomic mass is 9.86. The number of fused-ring (bicyclic) bond motifs is 3. The Bertz CT molecular complexity index is 166. The van der Waals surface area contributed by atoms with Gasteiger partial charge in [-0.05, 0) is 25.2 Å². The SMILES string of the molecule is C[N+]12CCC(CC1)CC2.F[B-](F)(F)F. The van der Waals surface area contributed by atoms with E-state index in [1.54, 1.807) is 0 Å². The van der Waals surface area contributed by atoms with Crippen molar-refractivity contribution < 1.29 is 21.7 Å². The number of piperidine rings is 3. The fourth-order valence-corrected chi connectivity index (χ4v) is 2.25. The van der Waals surface area contributed by atoms with Gasteiger partial charge >= 0.3 is 7.25 Å². The molecule has 0 aromatic heterocycles. The highest BCUT2D eigenvalue weighted by Crippen LogP contribution is 2.31. The molecule has 0 aliphatic carbocycles. The fourth-order valence-electron chi connectivity index (χ4n) is 2.25. The Morgan fingerprint density at radius 1 is 0.929 bits per heavy atom. The van der Waals surface area contributed by atoms with Crippen molar-refractivity contribution in [2.75, 3.05) is 26.7 Å². The minimum atomic E-state index is -6.00. The standard InChI is InChI=1S/C8H16N.BF4/c1-9-5-2-8(3-6-9)4-7-9;2-1(3,4)5/h8H,2-7H2,1H3;/q+1;-1. The average Bonchev–Trinajstić information content (AvgIpc) is 2.02. The van der Waals surface area contributed by atoms with E-state index in [0.29, 0.717) is 0 Å². The molecule has 0 saturated carbocycles. The van der Waals surface area contributed by atoms with Crippen LogP contribution in [0.2, 0.25) is 0 Å². The molecule has 84 valence electrons. The van der Waals surface area contributed by atoms with E-state index >= 15 is 0 Å². The monoisotopic (exact) mass is 213 g/mol. The highest BCUT2D eigenvalue weighted by atomic mass is 19.5. The second-order valence-electron chi connectivity index (χ2n) is 4.52. The summed E-state index contributed by atoms with van der Waals surface area (Å²) in [6, 6.07) is 0. The van der Waals surface area contributed by atoms with Crippen molar-refractivity contribution in [2.45, 2.75) is 19.3 Å². The summed E-state index contributed by atoms with van der Waals surface area (Å²) in [5, 5.41) is 0. The zero-order valence-electron chi connectivity index (χ0n) is 8.36. The van der Waals surface area contributed by atoms with Crippen LogP contribution in [0.3, 0.4) is 0 Å². The Kier molecular flexibility index (Phi) is 3.45. The maximum atomic E-state index is 9.75. The van der Waals surface area contributed by atoms with Gasteiger partial charge < -0.3 is 21.7 Å². The summed E-state index contributed by atoms with van der Waals surface area (Å²) < 4.78 is 40.4. The van der Waals surface area contributed by atoms with Crippen LogP contribution < -0.4 is 0 Å². The Morgan fingerprint density at radius 3 is 1.36 bits per heavy atom. The van der Waals surface area contributed by atoms with Gasteiger partial charge in [-0.2, -0.15) is 0 Å². The van der Waals surface area contributed by atoms with Gasteiger partial charge in [0.15, 0.2) is 0 Å². The number of hydrogen-bond donors (Lipinski definition) is 0. The Labute approximate surface area is 81.8 Å². The number of halogens is 4. The summed E-state index contributed by atoms with van der Waals surface area (Å²) in [5.74, 6) is 1.12. The molecule has 0 N–H and O–H groups in total. The first-order valence-corrected chi connectivity index (χ1v) is 4.99. The van der Waals surface area contributed by atoms with Crippen molar-refractivity contribution in [3.05, 3.63) is 0 Å². The van der Waals surface area contributed by atoms with Gasteiger partial charge in [-0.3, -0.25) is 0 Å². The first-order chi connectivity index (χ1) is 6.29. The van der Waals surface area contributed by atoms with Crippen LogP contribution in [-0.4, -0.2) is 38.4 Å². The molecule has 3 aliphatic heterocycles. The quantitative estimate of drug-likeness (QED) is 0.329. The van der Waals surface area contributed by atoms with Crippen LogP contribution >= 0.6 is 0 Å². The Hall–Kier alpha value is -0.255. The predicted octanol–water partition coefficient (Wildman–Crippen LogP) is 2.55. The highest BCUT2D eigenvalue weighted by Gasteiger charge is 2.35. The molecular weight excluding hydrogens is 197 g/mol. The summed E-state index contributed by atoms with van der Waals surface area (Å²) in [6.07, 6.45) is 4.53. The van der Waals surface area contributed by atoms with E-state index in [4.69, 9.17) is 0 Å².